The van der Waals surface area contributed by atoms with Crippen molar-refractivity contribution in [2.24, 2.45) is 0 Å². The molecule has 3 rings (SSSR count). The van der Waals surface area contributed by atoms with Crippen molar-refractivity contribution in [1.82, 2.24) is 9.88 Å². The molecule has 0 radical (unpaired) electrons. The molecule has 0 spiro atoms. The molecule has 10 heteroatoms. The van der Waals surface area contributed by atoms with Gasteiger partial charge < -0.3 is 10.1 Å². The van der Waals surface area contributed by atoms with Gasteiger partial charge in [0.25, 0.3) is 15.9 Å². The number of thiazole rings is 1. The van der Waals surface area contributed by atoms with Crippen molar-refractivity contribution < 1.29 is 17.9 Å². The molecular formula is C20H23N3O5S2. The molecule has 0 aliphatic rings. The Hall–Kier alpha value is -2.69. The normalized spacial score (nSPS) is 11.5. The first kappa shape index (κ1) is 22.0. The van der Waals surface area contributed by atoms with Crippen LogP contribution in [0.4, 0.5) is 5.69 Å². The first-order valence-corrected chi connectivity index (χ1v) is 11.7. The number of aromatic nitrogens is 1. The van der Waals surface area contributed by atoms with Crippen molar-refractivity contribution in [1.29, 1.82) is 0 Å². The third kappa shape index (κ3) is 4.72. The maximum Gasteiger partial charge on any atom is 0.308 e. The number of carbonyl (C=O) groups excluding carboxylic acids is 1. The molecule has 2 aromatic carbocycles. The number of fused-ring (bicyclic) bond motifs is 1. The fourth-order valence-electron chi connectivity index (χ4n) is 3.00. The van der Waals surface area contributed by atoms with Gasteiger partial charge in [0.2, 0.25) is 0 Å². The van der Waals surface area contributed by atoms with Gasteiger partial charge in [0.15, 0.2) is 0 Å². The second-order valence-corrected chi connectivity index (χ2v) is 9.17. The summed E-state index contributed by atoms with van der Waals surface area (Å²) in [6.45, 7) is 3.30. The van der Waals surface area contributed by atoms with Crippen molar-refractivity contribution in [2.75, 3.05) is 25.0 Å². The van der Waals surface area contributed by atoms with E-state index in [1.807, 2.05) is 6.92 Å². The predicted octanol–water partition coefficient (Wildman–Crippen LogP) is 2.65. The smallest absolute Gasteiger partial charge is 0.308 e. The van der Waals surface area contributed by atoms with Gasteiger partial charge in [-0.25, -0.2) is 8.42 Å². The van der Waals surface area contributed by atoms with Crippen LogP contribution in [-0.2, 0) is 21.3 Å². The number of hydrogen-bond donors (Lipinski definition) is 2. The molecule has 30 heavy (non-hydrogen) atoms. The summed E-state index contributed by atoms with van der Waals surface area (Å²) in [6.07, 6.45) is 0.649. The van der Waals surface area contributed by atoms with Crippen LogP contribution in [0.1, 0.15) is 23.7 Å². The van der Waals surface area contributed by atoms with E-state index in [9.17, 15) is 18.0 Å². The van der Waals surface area contributed by atoms with E-state index in [0.717, 1.165) is 11.3 Å². The van der Waals surface area contributed by atoms with E-state index < -0.39 is 10.0 Å². The lowest BCUT2D eigenvalue weighted by Crippen LogP contribution is -2.26. The van der Waals surface area contributed by atoms with Gasteiger partial charge in [-0.3, -0.25) is 18.9 Å². The first-order valence-electron chi connectivity index (χ1n) is 9.39. The SMILES string of the molecule is CCn1c(=O)sc2cc(S(=O)(=O)Nc3ccccc3C(=O)NCCCOC)ccc21. The van der Waals surface area contributed by atoms with E-state index in [1.165, 1.54) is 18.2 Å². The number of nitrogens with one attached hydrogen (secondary N) is 2. The third-order valence-electron chi connectivity index (χ3n) is 4.49. The van der Waals surface area contributed by atoms with Crippen LogP contribution < -0.4 is 14.9 Å². The lowest BCUT2D eigenvalue weighted by molar-refractivity contribution is 0.0949. The molecule has 0 saturated heterocycles. The second kappa shape index (κ2) is 9.41. The molecule has 0 aliphatic heterocycles. The average Bonchev–Trinajstić information content (AvgIpc) is 3.05. The molecule has 2 N–H and O–H groups in total. The molecule has 1 aromatic heterocycles. The number of anilines is 1. The summed E-state index contributed by atoms with van der Waals surface area (Å²) in [5.74, 6) is -0.377. The Bertz CT molecular complexity index is 1210. The van der Waals surface area contributed by atoms with Crippen LogP contribution in [0.15, 0.2) is 52.2 Å². The minimum absolute atomic E-state index is 0.0230. The highest BCUT2D eigenvalue weighted by Crippen LogP contribution is 2.25. The molecule has 0 unspecified atom stereocenters. The Labute approximate surface area is 178 Å². The van der Waals surface area contributed by atoms with E-state index in [-0.39, 0.29) is 26.9 Å². The zero-order chi connectivity index (χ0) is 21.7. The number of methoxy groups -OCH3 is 1. The molecule has 0 aliphatic carbocycles. The third-order valence-corrected chi connectivity index (χ3v) is 6.80. The average molecular weight is 450 g/mol. The number of rotatable bonds is 9. The fraction of sp³-hybridized carbons (Fsp3) is 0.300. The molecule has 0 bridgehead atoms. The molecule has 3 aromatic rings. The maximum atomic E-state index is 12.9. The van der Waals surface area contributed by atoms with Gasteiger partial charge in [-0.2, -0.15) is 0 Å². The predicted molar refractivity (Wildman–Crippen MR) is 118 cm³/mol. The summed E-state index contributed by atoms with van der Waals surface area (Å²) < 4.78 is 35.5. The lowest BCUT2D eigenvalue weighted by Gasteiger charge is -2.13. The summed E-state index contributed by atoms with van der Waals surface area (Å²) in [5.41, 5.74) is 1.10. The number of amides is 1. The monoisotopic (exact) mass is 449 g/mol. The van der Waals surface area contributed by atoms with Gasteiger partial charge >= 0.3 is 4.87 Å². The second-order valence-electron chi connectivity index (χ2n) is 6.50. The molecule has 0 fully saturated rings. The molecule has 1 amide bonds. The maximum absolute atomic E-state index is 12.9. The van der Waals surface area contributed by atoms with Gasteiger partial charge in [-0.1, -0.05) is 23.5 Å². The number of carbonyl (C=O) groups is 1. The summed E-state index contributed by atoms with van der Waals surface area (Å²) in [7, 11) is -2.37. The van der Waals surface area contributed by atoms with E-state index in [2.05, 4.69) is 10.0 Å². The Morgan fingerprint density at radius 3 is 2.70 bits per heavy atom. The van der Waals surface area contributed by atoms with Crippen molar-refractivity contribution in [2.45, 2.75) is 24.8 Å². The van der Waals surface area contributed by atoms with Crippen LogP contribution in [0.25, 0.3) is 10.2 Å². The van der Waals surface area contributed by atoms with Crippen LogP contribution in [0.5, 0.6) is 0 Å². The first-order chi connectivity index (χ1) is 14.4. The van der Waals surface area contributed by atoms with Crippen LogP contribution >= 0.6 is 11.3 Å². The molecule has 160 valence electrons. The van der Waals surface area contributed by atoms with Gasteiger partial charge in [-0.15, -0.1) is 0 Å². The number of nitrogens with zero attached hydrogens (tertiary/aromatic N) is 1. The Balaban J connectivity index is 1.86. The molecule has 0 saturated carbocycles. The van der Waals surface area contributed by atoms with E-state index in [0.29, 0.717) is 36.3 Å². The molecular weight excluding hydrogens is 426 g/mol. The summed E-state index contributed by atoms with van der Waals surface area (Å²) in [5, 5.41) is 2.75. The minimum atomic E-state index is -3.95. The highest BCUT2D eigenvalue weighted by atomic mass is 32.2. The number of para-hydroxylation sites is 1. The standard InChI is InChI=1S/C20H23N3O5S2/c1-3-23-17-10-9-14(13-18(17)29-20(23)25)30(26,27)22-16-8-5-4-7-15(16)19(24)21-11-6-12-28-2/h4-5,7-10,13,22H,3,6,11-12H2,1-2H3,(H,21,24). The quantitative estimate of drug-likeness (QED) is 0.489. The Kier molecular flexibility index (Phi) is 6.91. The summed E-state index contributed by atoms with van der Waals surface area (Å²) in [4.78, 5) is 24.4. The highest BCUT2D eigenvalue weighted by Gasteiger charge is 2.20. The van der Waals surface area contributed by atoms with Gasteiger partial charge in [0, 0.05) is 26.8 Å². The van der Waals surface area contributed by atoms with E-state index >= 15 is 0 Å². The number of benzene rings is 2. The number of ether oxygens (including phenoxy) is 1. The van der Waals surface area contributed by atoms with Crippen molar-refractivity contribution in [3.05, 3.63) is 57.7 Å². The van der Waals surface area contributed by atoms with Crippen molar-refractivity contribution >= 4 is 43.2 Å². The van der Waals surface area contributed by atoms with Crippen LogP contribution in [0.2, 0.25) is 0 Å². The number of aryl methyl sites for hydroxylation is 1. The number of hydrogen-bond acceptors (Lipinski definition) is 6. The Morgan fingerprint density at radius 2 is 1.97 bits per heavy atom. The van der Waals surface area contributed by atoms with Crippen molar-refractivity contribution in [3.8, 4) is 0 Å². The largest absolute Gasteiger partial charge is 0.385 e. The van der Waals surface area contributed by atoms with E-state index in [4.69, 9.17) is 4.74 Å². The Morgan fingerprint density at radius 1 is 1.20 bits per heavy atom. The van der Waals surface area contributed by atoms with Gasteiger partial charge in [0.1, 0.15) is 0 Å². The molecule has 1 heterocycles. The van der Waals surface area contributed by atoms with E-state index in [1.54, 1.807) is 35.9 Å². The molecule has 0 atom stereocenters. The highest BCUT2D eigenvalue weighted by molar-refractivity contribution is 7.92. The van der Waals surface area contributed by atoms with Crippen LogP contribution in [0, 0.1) is 0 Å². The van der Waals surface area contributed by atoms with Gasteiger partial charge in [0.05, 0.1) is 26.4 Å². The van der Waals surface area contributed by atoms with Gasteiger partial charge in [-0.05, 0) is 43.7 Å². The summed E-state index contributed by atoms with van der Waals surface area (Å²) >= 11 is 1.00. The lowest BCUT2D eigenvalue weighted by atomic mass is 10.1. The zero-order valence-corrected chi connectivity index (χ0v) is 18.3. The molecule has 8 nitrogen and oxygen atoms in total. The number of sulfonamides is 1. The summed E-state index contributed by atoms with van der Waals surface area (Å²) in [6, 6.07) is 11.0. The fourth-order valence-corrected chi connectivity index (χ4v) is 5.18. The topological polar surface area (TPSA) is 107 Å². The van der Waals surface area contributed by atoms with Crippen LogP contribution in [0.3, 0.4) is 0 Å². The van der Waals surface area contributed by atoms with Crippen molar-refractivity contribution in [3.63, 3.8) is 0 Å². The zero-order valence-electron chi connectivity index (χ0n) is 16.7. The van der Waals surface area contributed by atoms with Crippen LogP contribution in [-0.4, -0.2) is 39.2 Å². The minimum Gasteiger partial charge on any atom is -0.385 e.